The van der Waals surface area contributed by atoms with Gasteiger partial charge in [-0.2, -0.15) is 0 Å². The van der Waals surface area contributed by atoms with E-state index in [0.717, 1.165) is 30.4 Å². The minimum atomic E-state index is -0.150. The Kier molecular flexibility index (Phi) is 4.03. The predicted molar refractivity (Wildman–Crippen MR) is 72.4 cm³/mol. The van der Waals surface area contributed by atoms with Crippen molar-refractivity contribution in [2.45, 2.75) is 52.0 Å². The van der Waals surface area contributed by atoms with Crippen LogP contribution in [0.5, 0.6) is 0 Å². The normalized spacial score (nSPS) is 20.0. The highest BCUT2D eigenvalue weighted by atomic mass is 19.1. The Morgan fingerprint density at radius 1 is 1.39 bits per heavy atom. The minimum absolute atomic E-state index is 0.0788. The summed E-state index contributed by atoms with van der Waals surface area (Å²) in [6.07, 6.45) is 5.74. The molecule has 0 aromatic heterocycles. The lowest BCUT2D eigenvalue weighted by molar-refractivity contribution is 0.184. The van der Waals surface area contributed by atoms with Crippen LogP contribution in [-0.2, 0) is 0 Å². The molecule has 1 aromatic rings. The number of benzene rings is 1. The van der Waals surface area contributed by atoms with Gasteiger partial charge < -0.3 is 0 Å². The molecule has 1 aliphatic carbocycles. The molecule has 1 unspecified atom stereocenters. The van der Waals surface area contributed by atoms with Gasteiger partial charge in [-0.25, -0.2) is 4.39 Å². The first-order valence-electron chi connectivity index (χ1n) is 6.85. The Morgan fingerprint density at radius 3 is 2.61 bits per heavy atom. The number of nitrogens with one attached hydrogen (secondary N) is 1. The van der Waals surface area contributed by atoms with Crippen LogP contribution in [0.4, 0.5) is 4.39 Å². The Balaban J connectivity index is 2.40. The molecule has 2 nitrogen and oxygen atoms in total. The highest BCUT2D eigenvalue weighted by Crippen LogP contribution is 2.50. The van der Waals surface area contributed by atoms with Gasteiger partial charge in [0.15, 0.2) is 0 Å². The van der Waals surface area contributed by atoms with E-state index in [9.17, 15) is 4.39 Å². The molecule has 3 N–H and O–H groups in total. The van der Waals surface area contributed by atoms with Crippen LogP contribution in [0.2, 0.25) is 0 Å². The molecule has 0 bridgehead atoms. The van der Waals surface area contributed by atoms with Gasteiger partial charge in [0.05, 0.1) is 6.04 Å². The lowest BCUT2D eigenvalue weighted by atomic mass is 9.73. The third kappa shape index (κ3) is 2.29. The maximum atomic E-state index is 14.1. The summed E-state index contributed by atoms with van der Waals surface area (Å²) in [7, 11) is 0. The SMILES string of the molecule is CCC1(C(NN)c2cc(C)ccc2F)CCCC1. The summed E-state index contributed by atoms with van der Waals surface area (Å²) in [5.41, 5.74) is 4.80. The maximum absolute atomic E-state index is 14.1. The van der Waals surface area contributed by atoms with Gasteiger partial charge in [0, 0.05) is 5.56 Å². The Hall–Kier alpha value is -0.930. The second-order valence-corrected chi connectivity index (χ2v) is 5.55. The molecule has 0 heterocycles. The van der Waals surface area contributed by atoms with Gasteiger partial charge in [0.1, 0.15) is 5.82 Å². The van der Waals surface area contributed by atoms with Crippen LogP contribution in [0.15, 0.2) is 18.2 Å². The second kappa shape index (κ2) is 5.37. The van der Waals surface area contributed by atoms with Crippen molar-refractivity contribution in [3.63, 3.8) is 0 Å². The van der Waals surface area contributed by atoms with Crippen LogP contribution in [-0.4, -0.2) is 0 Å². The molecule has 2 rings (SSSR count). The third-order valence-electron chi connectivity index (χ3n) is 4.55. The topological polar surface area (TPSA) is 38.0 Å². The minimum Gasteiger partial charge on any atom is -0.271 e. The fourth-order valence-electron chi connectivity index (χ4n) is 3.41. The first kappa shape index (κ1) is 13.5. The summed E-state index contributed by atoms with van der Waals surface area (Å²) < 4.78 is 14.1. The zero-order chi connectivity index (χ0) is 13.2. The van der Waals surface area contributed by atoms with E-state index >= 15 is 0 Å². The molecule has 0 aliphatic heterocycles. The van der Waals surface area contributed by atoms with Crippen LogP contribution in [0.25, 0.3) is 0 Å². The number of halogens is 1. The Labute approximate surface area is 109 Å². The number of nitrogens with two attached hydrogens (primary N) is 1. The molecule has 3 heteroatoms. The molecule has 100 valence electrons. The fraction of sp³-hybridized carbons (Fsp3) is 0.600. The van der Waals surface area contributed by atoms with E-state index < -0.39 is 0 Å². The van der Waals surface area contributed by atoms with E-state index in [4.69, 9.17) is 5.84 Å². The van der Waals surface area contributed by atoms with Gasteiger partial charge in [-0.05, 0) is 37.7 Å². The van der Waals surface area contributed by atoms with Crippen molar-refractivity contribution in [3.8, 4) is 0 Å². The van der Waals surface area contributed by atoms with Crippen molar-refractivity contribution in [1.29, 1.82) is 0 Å². The number of hydrazine groups is 1. The fourth-order valence-corrected chi connectivity index (χ4v) is 3.41. The molecule has 1 fully saturated rings. The summed E-state index contributed by atoms with van der Waals surface area (Å²) >= 11 is 0. The molecule has 1 atom stereocenters. The van der Waals surface area contributed by atoms with Crippen molar-refractivity contribution >= 4 is 0 Å². The van der Waals surface area contributed by atoms with E-state index in [1.807, 2.05) is 13.0 Å². The second-order valence-electron chi connectivity index (χ2n) is 5.55. The number of rotatable bonds is 4. The zero-order valence-corrected chi connectivity index (χ0v) is 11.3. The van der Waals surface area contributed by atoms with Crippen molar-refractivity contribution in [1.82, 2.24) is 5.43 Å². The molecular formula is C15H23FN2. The van der Waals surface area contributed by atoms with Gasteiger partial charge in [-0.1, -0.05) is 37.5 Å². The number of aryl methyl sites for hydroxylation is 1. The zero-order valence-electron chi connectivity index (χ0n) is 11.3. The van der Waals surface area contributed by atoms with Gasteiger partial charge in [0.2, 0.25) is 0 Å². The number of hydrogen-bond acceptors (Lipinski definition) is 2. The smallest absolute Gasteiger partial charge is 0.128 e. The van der Waals surface area contributed by atoms with Crippen LogP contribution < -0.4 is 11.3 Å². The molecular weight excluding hydrogens is 227 g/mol. The lowest BCUT2D eigenvalue weighted by Crippen LogP contribution is -2.40. The largest absolute Gasteiger partial charge is 0.271 e. The molecule has 18 heavy (non-hydrogen) atoms. The van der Waals surface area contributed by atoms with Crippen molar-refractivity contribution in [2.75, 3.05) is 0 Å². The molecule has 1 aromatic carbocycles. The molecule has 0 amide bonds. The van der Waals surface area contributed by atoms with E-state index in [1.54, 1.807) is 12.1 Å². The third-order valence-corrected chi connectivity index (χ3v) is 4.55. The van der Waals surface area contributed by atoms with Crippen molar-refractivity contribution in [3.05, 3.63) is 35.1 Å². The molecule has 1 aliphatic rings. The van der Waals surface area contributed by atoms with E-state index in [2.05, 4.69) is 12.3 Å². The standard InChI is InChI=1S/C15H23FN2/c1-3-15(8-4-5-9-15)14(18-17)12-10-11(2)6-7-13(12)16/h6-7,10,14,18H,3-5,8-9,17H2,1-2H3. The van der Waals surface area contributed by atoms with Gasteiger partial charge in [-0.3, -0.25) is 11.3 Å². The lowest BCUT2D eigenvalue weighted by Gasteiger charge is -2.37. The summed E-state index contributed by atoms with van der Waals surface area (Å²) in [5, 5.41) is 0. The molecule has 0 radical (unpaired) electrons. The quantitative estimate of drug-likeness (QED) is 0.633. The summed E-state index contributed by atoms with van der Waals surface area (Å²) in [6, 6.07) is 5.20. The van der Waals surface area contributed by atoms with E-state index in [1.165, 1.54) is 12.8 Å². The first-order valence-corrected chi connectivity index (χ1v) is 6.85. The number of hydrogen-bond donors (Lipinski definition) is 2. The van der Waals surface area contributed by atoms with Gasteiger partial charge in [-0.15, -0.1) is 0 Å². The molecule has 0 saturated heterocycles. The molecule has 0 spiro atoms. The van der Waals surface area contributed by atoms with E-state index in [-0.39, 0.29) is 17.3 Å². The summed E-state index contributed by atoms with van der Waals surface area (Å²) in [5.74, 6) is 5.60. The molecule has 1 saturated carbocycles. The van der Waals surface area contributed by atoms with E-state index in [0.29, 0.717) is 0 Å². The average molecular weight is 250 g/mol. The van der Waals surface area contributed by atoms with Crippen LogP contribution >= 0.6 is 0 Å². The van der Waals surface area contributed by atoms with Crippen molar-refractivity contribution in [2.24, 2.45) is 11.3 Å². The first-order chi connectivity index (χ1) is 8.63. The van der Waals surface area contributed by atoms with Crippen molar-refractivity contribution < 1.29 is 4.39 Å². The highest BCUT2D eigenvalue weighted by molar-refractivity contribution is 5.28. The van der Waals surface area contributed by atoms with Crippen LogP contribution in [0.3, 0.4) is 0 Å². The Morgan fingerprint density at radius 2 is 2.06 bits per heavy atom. The summed E-state index contributed by atoms with van der Waals surface area (Å²) in [4.78, 5) is 0. The predicted octanol–water partition coefficient (Wildman–Crippen LogP) is 3.61. The maximum Gasteiger partial charge on any atom is 0.128 e. The monoisotopic (exact) mass is 250 g/mol. The summed E-state index contributed by atoms with van der Waals surface area (Å²) in [6.45, 7) is 4.17. The average Bonchev–Trinajstić information content (AvgIpc) is 2.84. The van der Waals surface area contributed by atoms with Gasteiger partial charge >= 0.3 is 0 Å². The van der Waals surface area contributed by atoms with Gasteiger partial charge in [0.25, 0.3) is 0 Å². The van der Waals surface area contributed by atoms with Crippen LogP contribution in [0.1, 0.15) is 56.2 Å². The van der Waals surface area contributed by atoms with Crippen LogP contribution in [0, 0.1) is 18.2 Å². The Bertz CT molecular complexity index is 411. The highest BCUT2D eigenvalue weighted by Gasteiger charge is 2.41.